The Hall–Kier alpha value is -0.740. The zero-order valence-corrected chi connectivity index (χ0v) is 12.0. The third-order valence-corrected chi connectivity index (χ3v) is 2.75. The number of alkyl halides is 1. The molecule has 5 heteroatoms. The van der Waals surface area contributed by atoms with Crippen LogP contribution in [0.5, 0.6) is 5.75 Å². The first kappa shape index (κ1) is 14.3. The molecule has 0 aliphatic heterocycles. The number of hydrogen-bond acceptors (Lipinski definition) is 2. The minimum absolute atomic E-state index is 0.00398. The number of hydrogen-bond donors (Lipinski definition) is 1. The Labute approximate surface area is 115 Å². The summed E-state index contributed by atoms with van der Waals surface area (Å²) < 4.78 is 5.47. The van der Waals surface area contributed by atoms with E-state index in [1.165, 1.54) is 0 Å². The molecule has 17 heavy (non-hydrogen) atoms. The maximum absolute atomic E-state index is 11.4. The van der Waals surface area contributed by atoms with Gasteiger partial charge in [-0.2, -0.15) is 0 Å². The lowest BCUT2D eigenvalue weighted by molar-refractivity contribution is -0.120. The third-order valence-electron chi connectivity index (χ3n) is 2.12. The summed E-state index contributed by atoms with van der Waals surface area (Å²) in [4.78, 5) is 11.4. The molecule has 0 radical (unpaired) electrons. The Morgan fingerprint density at radius 2 is 2.29 bits per heavy atom. The molecule has 0 heterocycles. The van der Waals surface area contributed by atoms with Crippen molar-refractivity contribution in [1.29, 1.82) is 0 Å². The van der Waals surface area contributed by atoms with Gasteiger partial charge in [0.05, 0.1) is 6.61 Å². The number of halogens is 2. The van der Waals surface area contributed by atoms with Crippen LogP contribution in [0.15, 0.2) is 18.2 Å². The molecular formula is C12H15BrClNO2. The number of benzene rings is 1. The lowest BCUT2D eigenvalue weighted by atomic mass is 10.2. The molecule has 1 aromatic carbocycles. The van der Waals surface area contributed by atoms with Crippen LogP contribution in [-0.2, 0) is 11.3 Å². The van der Waals surface area contributed by atoms with Crippen molar-refractivity contribution in [2.75, 3.05) is 11.9 Å². The summed E-state index contributed by atoms with van der Waals surface area (Å²) in [5.41, 5.74) is 0.891. The van der Waals surface area contributed by atoms with Crippen molar-refractivity contribution < 1.29 is 9.53 Å². The van der Waals surface area contributed by atoms with Crippen LogP contribution in [0.4, 0.5) is 0 Å². The Kier molecular flexibility index (Phi) is 6.37. The van der Waals surface area contributed by atoms with E-state index < -0.39 is 0 Å². The molecule has 1 N–H and O–H groups in total. The van der Waals surface area contributed by atoms with Crippen LogP contribution in [0, 0.1) is 0 Å². The fourth-order valence-electron chi connectivity index (χ4n) is 1.35. The van der Waals surface area contributed by atoms with E-state index in [1.54, 1.807) is 12.1 Å². The van der Waals surface area contributed by atoms with Gasteiger partial charge in [0.1, 0.15) is 5.75 Å². The van der Waals surface area contributed by atoms with Crippen LogP contribution >= 0.6 is 27.5 Å². The third kappa shape index (κ3) is 4.96. The minimum atomic E-state index is 0.00398. The summed E-state index contributed by atoms with van der Waals surface area (Å²) in [5, 5.41) is 4.11. The van der Waals surface area contributed by atoms with Gasteiger partial charge in [0.2, 0.25) is 5.91 Å². The molecule has 0 unspecified atom stereocenters. The number of carbonyl (C=O) groups excluding carboxylic acids is 1. The van der Waals surface area contributed by atoms with Gasteiger partial charge in [-0.1, -0.05) is 27.5 Å². The van der Waals surface area contributed by atoms with E-state index in [0.717, 1.165) is 11.3 Å². The molecule has 0 aliphatic rings. The minimum Gasteiger partial charge on any atom is -0.494 e. The molecule has 0 aliphatic carbocycles. The van der Waals surface area contributed by atoms with Crippen LogP contribution in [0.2, 0.25) is 5.02 Å². The van der Waals surface area contributed by atoms with Gasteiger partial charge >= 0.3 is 0 Å². The highest BCUT2D eigenvalue weighted by Gasteiger charge is 2.06. The molecule has 3 nitrogen and oxygen atoms in total. The van der Waals surface area contributed by atoms with Gasteiger partial charge in [-0.25, -0.2) is 0 Å². The highest BCUT2D eigenvalue weighted by atomic mass is 79.9. The van der Waals surface area contributed by atoms with Crippen LogP contribution in [0.1, 0.15) is 18.9 Å². The van der Waals surface area contributed by atoms with E-state index in [-0.39, 0.29) is 5.91 Å². The van der Waals surface area contributed by atoms with Crippen molar-refractivity contribution in [2.45, 2.75) is 19.9 Å². The van der Waals surface area contributed by atoms with Crippen molar-refractivity contribution in [1.82, 2.24) is 5.32 Å². The van der Waals surface area contributed by atoms with E-state index in [0.29, 0.717) is 29.9 Å². The summed E-state index contributed by atoms with van der Waals surface area (Å²) in [6.45, 7) is 2.94. The second-order valence-electron chi connectivity index (χ2n) is 3.40. The number of nitrogens with one attached hydrogen (secondary N) is 1. The zero-order chi connectivity index (χ0) is 12.7. The van der Waals surface area contributed by atoms with Crippen molar-refractivity contribution in [3.63, 3.8) is 0 Å². The van der Waals surface area contributed by atoms with Gasteiger partial charge in [0.15, 0.2) is 0 Å². The predicted molar refractivity (Wildman–Crippen MR) is 72.9 cm³/mol. The quantitative estimate of drug-likeness (QED) is 0.818. The lowest BCUT2D eigenvalue weighted by Gasteiger charge is -2.11. The highest BCUT2D eigenvalue weighted by molar-refractivity contribution is 9.09. The molecule has 0 atom stereocenters. The molecular weight excluding hydrogens is 305 g/mol. The Balaban J connectivity index is 2.67. The fraction of sp³-hybridized carbons (Fsp3) is 0.417. The summed E-state index contributed by atoms with van der Waals surface area (Å²) in [5.74, 6) is 0.764. The van der Waals surface area contributed by atoms with Gasteiger partial charge in [0.25, 0.3) is 0 Å². The maximum atomic E-state index is 11.4. The molecule has 1 amide bonds. The Morgan fingerprint density at radius 3 is 2.94 bits per heavy atom. The van der Waals surface area contributed by atoms with E-state index in [9.17, 15) is 4.79 Å². The Morgan fingerprint density at radius 1 is 1.53 bits per heavy atom. The second kappa shape index (κ2) is 7.56. The van der Waals surface area contributed by atoms with Crippen LogP contribution in [0.25, 0.3) is 0 Å². The van der Waals surface area contributed by atoms with Crippen LogP contribution in [0.3, 0.4) is 0 Å². The molecule has 0 aromatic heterocycles. The van der Waals surface area contributed by atoms with Gasteiger partial charge in [-0.3, -0.25) is 4.79 Å². The number of amides is 1. The molecule has 0 saturated carbocycles. The van der Waals surface area contributed by atoms with Crippen molar-refractivity contribution >= 4 is 33.4 Å². The van der Waals surface area contributed by atoms with Gasteiger partial charge in [-0.15, -0.1) is 0 Å². The number of carbonyl (C=O) groups is 1. The Bertz CT molecular complexity index is 385. The monoisotopic (exact) mass is 319 g/mol. The van der Waals surface area contributed by atoms with Crippen LogP contribution < -0.4 is 10.1 Å². The largest absolute Gasteiger partial charge is 0.494 e. The molecule has 0 bridgehead atoms. The second-order valence-corrected chi connectivity index (χ2v) is 4.63. The smallest absolute Gasteiger partial charge is 0.221 e. The molecule has 94 valence electrons. The van der Waals surface area contributed by atoms with Crippen molar-refractivity contribution in [2.24, 2.45) is 0 Å². The highest BCUT2D eigenvalue weighted by Crippen LogP contribution is 2.22. The van der Waals surface area contributed by atoms with Gasteiger partial charge in [0, 0.05) is 28.9 Å². The topological polar surface area (TPSA) is 38.3 Å². The van der Waals surface area contributed by atoms with Gasteiger partial charge < -0.3 is 10.1 Å². The molecule has 0 spiro atoms. The first-order valence-corrected chi connectivity index (χ1v) is 6.91. The van der Waals surface area contributed by atoms with Gasteiger partial charge in [-0.05, 0) is 25.1 Å². The first-order chi connectivity index (χ1) is 8.17. The standard InChI is InChI=1S/C12H15BrClNO2/c1-2-17-11-4-3-10(14)7-9(11)8-15-12(16)5-6-13/h3-4,7H,2,5-6,8H2,1H3,(H,15,16). The lowest BCUT2D eigenvalue weighted by Crippen LogP contribution is -2.23. The molecule has 1 rings (SSSR count). The zero-order valence-electron chi connectivity index (χ0n) is 9.63. The summed E-state index contributed by atoms with van der Waals surface area (Å²) in [7, 11) is 0. The van der Waals surface area contributed by atoms with Crippen molar-refractivity contribution in [3.8, 4) is 5.75 Å². The van der Waals surface area contributed by atoms with E-state index in [1.807, 2.05) is 13.0 Å². The number of ether oxygens (including phenoxy) is 1. The summed E-state index contributed by atoms with van der Waals surface area (Å²) in [6, 6.07) is 5.40. The van der Waals surface area contributed by atoms with E-state index in [2.05, 4.69) is 21.2 Å². The molecule has 1 aromatic rings. The van der Waals surface area contributed by atoms with Crippen molar-refractivity contribution in [3.05, 3.63) is 28.8 Å². The molecule has 0 fully saturated rings. The SMILES string of the molecule is CCOc1ccc(Cl)cc1CNC(=O)CCBr. The summed E-state index contributed by atoms with van der Waals surface area (Å²) in [6.07, 6.45) is 0.463. The normalized spacial score (nSPS) is 10.1. The first-order valence-electron chi connectivity index (χ1n) is 5.41. The summed E-state index contributed by atoms with van der Waals surface area (Å²) >= 11 is 9.14. The van der Waals surface area contributed by atoms with E-state index in [4.69, 9.17) is 16.3 Å². The number of rotatable bonds is 6. The van der Waals surface area contributed by atoms with E-state index >= 15 is 0 Å². The average Bonchev–Trinajstić information content (AvgIpc) is 2.30. The predicted octanol–water partition coefficient (Wildman–Crippen LogP) is 3.14. The van der Waals surface area contributed by atoms with Crippen LogP contribution in [-0.4, -0.2) is 17.8 Å². The maximum Gasteiger partial charge on any atom is 0.221 e. The average molecular weight is 321 g/mol. The fourth-order valence-corrected chi connectivity index (χ4v) is 1.91. The molecule has 0 saturated heterocycles.